The molecule has 1 aromatic heterocycles. The van der Waals surface area contributed by atoms with Crippen molar-refractivity contribution in [2.75, 3.05) is 6.61 Å². The number of hydrogen-bond acceptors (Lipinski definition) is 5. The van der Waals surface area contributed by atoms with E-state index in [4.69, 9.17) is 9.26 Å². The number of rotatable bonds is 2. The van der Waals surface area contributed by atoms with Crippen molar-refractivity contribution in [1.29, 1.82) is 0 Å². The fraction of sp³-hybridized carbons (Fsp3) is 0.267. The van der Waals surface area contributed by atoms with Gasteiger partial charge in [-0.1, -0.05) is 17.3 Å². The highest BCUT2D eigenvalue weighted by Gasteiger charge is 2.35. The number of alkyl halides is 3. The lowest BCUT2D eigenvalue weighted by Gasteiger charge is -2.17. The number of halogens is 3. The molecule has 1 aliphatic rings. The molecule has 0 saturated heterocycles. The summed E-state index contributed by atoms with van der Waals surface area (Å²) in [4.78, 5) is 10.9. The van der Waals surface area contributed by atoms with Crippen LogP contribution in [0.1, 0.15) is 22.6 Å². The Morgan fingerprint density at radius 3 is 2.54 bits per heavy atom. The molecule has 0 spiro atoms. The first kappa shape index (κ1) is 16.0. The van der Waals surface area contributed by atoms with Crippen molar-refractivity contribution in [2.45, 2.75) is 20.0 Å². The van der Waals surface area contributed by atoms with Gasteiger partial charge in [0.05, 0.1) is 11.3 Å². The average Bonchev–Trinajstić information content (AvgIpc) is 2.86. The van der Waals surface area contributed by atoms with Crippen LogP contribution in [0.4, 0.5) is 18.0 Å². The summed E-state index contributed by atoms with van der Waals surface area (Å²) in [6, 6.07) is 3.79. The molecule has 1 amide bonds. The van der Waals surface area contributed by atoms with E-state index in [9.17, 15) is 18.0 Å². The molecule has 0 bridgehead atoms. The summed E-state index contributed by atoms with van der Waals surface area (Å²) in [5.74, 6) is 0.302. The van der Waals surface area contributed by atoms with Crippen LogP contribution >= 0.6 is 0 Å². The summed E-state index contributed by atoms with van der Waals surface area (Å²) in [5, 5.41) is 7.43. The van der Waals surface area contributed by atoms with Crippen LogP contribution in [0.25, 0.3) is 11.1 Å². The highest BCUT2D eigenvalue weighted by atomic mass is 19.4. The maximum absolute atomic E-state index is 13.5. The second-order valence-electron chi connectivity index (χ2n) is 5.20. The smallest absolute Gasteiger partial charge is 0.428 e. The van der Waals surface area contributed by atoms with Crippen LogP contribution in [0, 0.1) is 13.8 Å². The van der Waals surface area contributed by atoms with Gasteiger partial charge in [0, 0.05) is 11.1 Å². The van der Waals surface area contributed by atoms with Crippen LogP contribution in [0.15, 0.2) is 27.8 Å². The van der Waals surface area contributed by atoms with Crippen molar-refractivity contribution in [3.05, 3.63) is 40.8 Å². The number of hydrazone groups is 1. The Kier molecular flexibility index (Phi) is 3.78. The van der Waals surface area contributed by atoms with Crippen molar-refractivity contribution in [1.82, 2.24) is 10.6 Å². The summed E-state index contributed by atoms with van der Waals surface area (Å²) < 4.78 is 50.3. The first-order chi connectivity index (χ1) is 11.3. The van der Waals surface area contributed by atoms with Gasteiger partial charge in [0.15, 0.2) is 0 Å². The molecule has 1 aromatic carbocycles. The van der Waals surface area contributed by atoms with E-state index in [-0.39, 0.29) is 23.4 Å². The van der Waals surface area contributed by atoms with Crippen LogP contribution in [-0.2, 0) is 10.9 Å². The Balaban J connectivity index is 2.14. The van der Waals surface area contributed by atoms with E-state index in [2.05, 4.69) is 15.7 Å². The third kappa shape index (κ3) is 2.84. The average molecular weight is 339 g/mol. The number of aromatic nitrogens is 1. The van der Waals surface area contributed by atoms with Gasteiger partial charge in [-0.3, -0.25) is 0 Å². The first-order valence-electron chi connectivity index (χ1n) is 6.91. The molecule has 0 atom stereocenters. The Bertz CT molecular complexity index is 821. The van der Waals surface area contributed by atoms with Gasteiger partial charge in [-0.2, -0.15) is 18.3 Å². The monoisotopic (exact) mass is 339 g/mol. The fourth-order valence-electron chi connectivity index (χ4n) is 2.50. The van der Waals surface area contributed by atoms with Gasteiger partial charge in [-0.05, 0) is 25.5 Å². The van der Waals surface area contributed by atoms with Gasteiger partial charge < -0.3 is 9.26 Å². The van der Waals surface area contributed by atoms with E-state index in [1.165, 1.54) is 12.1 Å². The van der Waals surface area contributed by atoms with Gasteiger partial charge in [0.1, 0.15) is 18.1 Å². The molecule has 0 radical (unpaired) electrons. The number of hydrogen-bond donors (Lipinski definition) is 1. The standard InChI is InChI=1S/C15H12F3N3O3/c1-7-13(8(2)24-21-7)10-4-3-9(5-11(10)15(16,17)18)12-6-23-14(22)20-19-12/h3-5H,6H2,1-2H3,(H,20,22). The third-order valence-corrected chi connectivity index (χ3v) is 3.58. The fourth-order valence-corrected chi connectivity index (χ4v) is 2.50. The van der Waals surface area contributed by atoms with Gasteiger partial charge in [-0.15, -0.1) is 0 Å². The van der Waals surface area contributed by atoms with Crippen LogP contribution in [0.2, 0.25) is 0 Å². The lowest BCUT2D eigenvalue weighted by molar-refractivity contribution is -0.137. The Morgan fingerprint density at radius 2 is 2.00 bits per heavy atom. The largest absolute Gasteiger partial charge is 0.442 e. The molecule has 1 aliphatic heterocycles. The lowest BCUT2D eigenvalue weighted by atomic mass is 9.94. The second-order valence-corrected chi connectivity index (χ2v) is 5.20. The molecule has 0 unspecified atom stereocenters. The summed E-state index contributed by atoms with van der Waals surface area (Å²) in [6.07, 6.45) is -5.33. The van der Waals surface area contributed by atoms with Gasteiger partial charge in [0.2, 0.25) is 0 Å². The Hall–Kier alpha value is -2.84. The Labute approximate surface area is 134 Å². The van der Waals surface area contributed by atoms with Crippen molar-refractivity contribution < 1.29 is 27.2 Å². The summed E-state index contributed by atoms with van der Waals surface area (Å²) in [6.45, 7) is 2.93. The zero-order valence-electron chi connectivity index (χ0n) is 12.7. The number of aryl methyl sites for hydroxylation is 2. The maximum Gasteiger partial charge on any atom is 0.428 e. The van der Waals surface area contributed by atoms with Crippen LogP contribution in [-0.4, -0.2) is 23.6 Å². The second kappa shape index (κ2) is 5.66. The third-order valence-electron chi connectivity index (χ3n) is 3.58. The molecule has 0 saturated carbocycles. The van der Waals surface area contributed by atoms with Crippen LogP contribution in [0.3, 0.4) is 0 Å². The number of nitrogens with zero attached hydrogens (tertiary/aromatic N) is 2. The number of amides is 1. The molecule has 9 heteroatoms. The molecule has 2 heterocycles. The van der Waals surface area contributed by atoms with Crippen molar-refractivity contribution in [3.63, 3.8) is 0 Å². The number of carbonyl (C=O) groups excluding carboxylic acids is 1. The SMILES string of the molecule is Cc1noc(C)c1-c1ccc(C2=NNC(=O)OC2)cc1C(F)(F)F. The van der Waals surface area contributed by atoms with Crippen LogP contribution < -0.4 is 5.43 Å². The van der Waals surface area contributed by atoms with Gasteiger partial charge in [-0.25, -0.2) is 10.2 Å². The number of benzene rings is 1. The van der Waals surface area contributed by atoms with Crippen LogP contribution in [0.5, 0.6) is 0 Å². The predicted octanol–water partition coefficient (Wildman–Crippen LogP) is 3.42. The molecule has 0 fully saturated rings. The minimum Gasteiger partial charge on any atom is -0.442 e. The summed E-state index contributed by atoms with van der Waals surface area (Å²) >= 11 is 0. The molecule has 24 heavy (non-hydrogen) atoms. The molecule has 0 aliphatic carbocycles. The minimum absolute atomic E-state index is 0.0242. The normalized spacial score (nSPS) is 14.9. The quantitative estimate of drug-likeness (QED) is 0.909. The number of carbonyl (C=O) groups is 1. The first-order valence-corrected chi connectivity index (χ1v) is 6.91. The lowest BCUT2D eigenvalue weighted by Crippen LogP contribution is -2.30. The molecule has 1 N–H and O–H groups in total. The topological polar surface area (TPSA) is 76.7 Å². The molecular formula is C15H12F3N3O3. The van der Waals surface area contributed by atoms with Gasteiger partial charge in [0.25, 0.3) is 0 Å². The zero-order valence-corrected chi connectivity index (χ0v) is 12.7. The van der Waals surface area contributed by atoms with E-state index in [1.807, 2.05) is 0 Å². The van der Waals surface area contributed by atoms with E-state index in [1.54, 1.807) is 13.8 Å². The Morgan fingerprint density at radius 1 is 1.25 bits per heavy atom. The zero-order chi connectivity index (χ0) is 17.5. The van der Waals surface area contributed by atoms with E-state index >= 15 is 0 Å². The summed E-state index contributed by atoms with van der Waals surface area (Å²) in [7, 11) is 0. The summed E-state index contributed by atoms with van der Waals surface area (Å²) in [5.41, 5.74) is 2.29. The molecule has 6 nitrogen and oxygen atoms in total. The van der Waals surface area contributed by atoms with E-state index in [0.29, 0.717) is 17.0 Å². The van der Waals surface area contributed by atoms with Crippen molar-refractivity contribution in [3.8, 4) is 11.1 Å². The molecule has 126 valence electrons. The van der Waals surface area contributed by atoms with E-state index in [0.717, 1.165) is 6.07 Å². The molecular weight excluding hydrogens is 327 g/mol. The highest BCUT2D eigenvalue weighted by molar-refractivity contribution is 6.04. The molecule has 3 rings (SSSR count). The number of nitrogens with one attached hydrogen (secondary N) is 1. The van der Waals surface area contributed by atoms with Gasteiger partial charge >= 0.3 is 12.3 Å². The number of ether oxygens (including phenoxy) is 1. The predicted molar refractivity (Wildman–Crippen MR) is 77.4 cm³/mol. The van der Waals surface area contributed by atoms with E-state index < -0.39 is 17.8 Å². The molecule has 2 aromatic rings. The highest BCUT2D eigenvalue weighted by Crippen LogP contribution is 2.40. The van der Waals surface area contributed by atoms with Crippen molar-refractivity contribution in [2.24, 2.45) is 5.10 Å². The van der Waals surface area contributed by atoms with Crippen molar-refractivity contribution >= 4 is 11.8 Å². The maximum atomic E-state index is 13.5. The minimum atomic E-state index is -4.58. The number of cyclic esters (lactones) is 1.